The molecular weight excluding hydrogens is 258 g/mol. The zero-order chi connectivity index (χ0) is 14.4. The maximum Gasteiger partial charge on any atom is 0.176 e. The topological polar surface area (TPSA) is 45.7 Å². The highest BCUT2D eigenvalue weighted by atomic mass is 14.9. The Balaban J connectivity index is 2.13. The molecule has 0 saturated heterocycles. The van der Waals surface area contributed by atoms with Crippen LogP contribution >= 0.6 is 0 Å². The Labute approximate surface area is 123 Å². The number of nitrogens with one attached hydrogen (secondary N) is 1. The molecule has 21 heavy (non-hydrogen) atoms. The van der Waals surface area contributed by atoms with Crippen LogP contribution in [0.2, 0.25) is 0 Å². The van der Waals surface area contributed by atoms with Gasteiger partial charge in [0.2, 0.25) is 0 Å². The summed E-state index contributed by atoms with van der Waals surface area (Å²) in [4.78, 5) is 3.52. The molecule has 0 aliphatic rings. The van der Waals surface area contributed by atoms with Crippen molar-refractivity contribution in [3.8, 4) is 0 Å². The van der Waals surface area contributed by atoms with Crippen LogP contribution in [-0.2, 0) is 6.54 Å². The van der Waals surface area contributed by atoms with E-state index in [2.05, 4.69) is 65.3 Å². The average Bonchev–Trinajstić information content (AvgIpc) is 2.87. The largest absolute Gasteiger partial charge is 0.354 e. The number of hydrogen-bond donors (Lipinski definition) is 2. The summed E-state index contributed by atoms with van der Waals surface area (Å²) in [5, 5.41) is 5.17. The highest BCUT2D eigenvalue weighted by molar-refractivity contribution is 6.14. The number of aromatic amines is 1. The predicted molar refractivity (Wildman–Crippen MR) is 87.3 cm³/mol. The average molecular weight is 276 g/mol. The molecule has 0 amide bonds. The second-order valence-corrected chi connectivity index (χ2v) is 5.57. The van der Waals surface area contributed by atoms with E-state index in [1.807, 2.05) is 0 Å². The van der Waals surface area contributed by atoms with E-state index in [4.69, 9.17) is 5.73 Å². The van der Waals surface area contributed by atoms with E-state index in [0.29, 0.717) is 6.54 Å². The number of aromatic nitrogens is 2. The molecule has 0 bridgehead atoms. The normalized spacial score (nSPS) is 11.7. The Morgan fingerprint density at radius 3 is 2.81 bits per heavy atom. The number of rotatable bonds is 2. The van der Waals surface area contributed by atoms with Gasteiger partial charge < -0.3 is 10.7 Å². The lowest BCUT2D eigenvalue weighted by Gasteiger charge is -2.04. The third-order valence-electron chi connectivity index (χ3n) is 4.25. The Bertz CT molecular complexity index is 966. The summed E-state index contributed by atoms with van der Waals surface area (Å²) >= 11 is 0. The first-order valence-corrected chi connectivity index (χ1v) is 7.31. The first-order valence-electron chi connectivity index (χ1n) is 7.31. The Morgan fingerprint density at radius 2 is 1.95 bits per heavy atom. The molecule has 3 heteroatoms. The zero-order valence-corrected chi connectivity index (χ0v) is 12.1. The van der Waals surface area contributed by atoms with E-state index in [9.17, 15) is 0 Å². The molecule has 104 valence electrons. The third-order valence-corrected chi connectivity index (χ3v) is 4.25. The smallest absolute Gasteiger partial charge is 0.176 e. The number of nitrogens with zero attached hydrogens (tertiary/aromatic N) is 1. The van der Waals surface area contributed by atoms with Crippen molar-refractivity contribution < 1.29 is 4.57 Å². The summed E-state index contributed by atoms with van der Waals surface area (Å²) < 4.78 is 2.16. The van der Waals surface area contributed by atoms with E-state index >= 15 is 0 Å². The number of hydrogen-bond acceptors (Lipinski definition) is 1. The van der Waals surface area contributed by atoms with Gasteiger partial charge in [-0.3, -0.25) is 0 Å². The van der Waals surface area contributed by atoms with Gasteiger partial charge in [-0.1, -0.05) is 18.2 Å². The number of benzene rings is 2. The summed E-state index contributed by atoms with van der Waals surface area (Å²) in [6.07, 6.45) is 4.31. The molecule has 4 rings (SSSR count). The van der Waals surface area contributed by atoms with Crippen molar-refractivity contribution in [2.75, 3.05) is 6.54 Å². The molecule has 0 fully saturated rings. The van der Waals surface area contributed by atoms with Crippen molar-refractivity contribution in [1.29, 1.82) is 0 Å². The van der Waals surface area contributed by atoms with Crippen LogP contribution in [0, 0.1) is 6.92 Å². The van der Waals surface area contributed by atoms with Gasteiger partial charge in [-0.15, -0.1) is 0 Å². The molecule has 0 atom stereocenters. The van der Waals surface area contributed by atoms with Crippen molar-refractivity contribution in [1.82, 2.24) is 4.98 Å². The standard InChI is InChI=1S/C18H17N3/c1-12-15-11-21(9-7-19)8-6-13(15)10-17-18(12)14-4-2-3-5-16(14)20-17/h2-6,8,10-11H,7,9,19H2,1H3/p+1. The first kappa shape index (κ1) is 12.4. The Hall–Kier alpha value is -2.39. The third kappa shape index (κ3) is 1.82. The number of para-hydroxylation sites is 1. The molecule has 0 saturated carbocycles. The van der Waals surface area contributed by atoms with Gasteiger partial charge in [-0.05, 0) is 30.0 Å². The molecule has 0 spiro atoms. The van der Waals surface area contributed by atoms with Gasteiger partial charge in [-0.25, -0.2) is 4.57 Å². The molecule has 3 nitrogen and oxygen atoms in total. The van der Waals surface area contributed by atoms with E-state index in [1.165, 1.54) is 38.1 Å². The van der Waals surface area contributed by atoms with Gasteiger partial charge in [0.15, 0.2) is 18.9 Å². The summed E-state index contributed by atoms with van der Waals surface area (Å²) in [5.41, 5.74) is 9.39. The van der Waals surface area contributed by atoms with Gasteiger partial charge in [0.1, 0.15) is 0 Å². The van der Waals surface area contributed by atoms with Crippen LogP contribution in [0.25, 0.3) is 32.6 Å². The molecule has 2 aromatic carbocycles. The second-order valence-electron chi connectivity index (χ2n) is 5.57. The van der Waals surface area contributed by atoms with Crippen LogP contribution in [0.5, 0.6) is 0 Å². The zero-order valence-electron chi connectivity index (χ0n) is 12.1. The minimum atomic E-state index is 0.657. The monoisotopic (exact) mass is 276 g/mol. The molecule has 0 radical (unpaired) electrons. The van der Waals surface area contributed by atoms with Crippen molar-refractivity contribution >= 4 is 32.6 Å². The van der Waals surface area contributed by atoms with Crippen molar-refractivity contribution in [2.45, 2.75) is 13.5 Å². The van der Waals surface area contributed by atoms with E-state index in [0.717, 1.165) is 6.54 Å². The van der Waals surface area contributed by atoms with Crippen molar-refractivity contribution in [2.24, 2.45) is 5.73 Å². The number of fused-ring (bicyclic) bond motifs is 4. The number of H-pyrrole nitrogens is 1. The summed E-state index contributed by atoms with van der Waals surface area (Å²) in [7, 11) is 0. The summed E-state index contributed by atoms with van der Waals surface area (Å²) in [5.74, 6) is 0. The van der Waals surface area contributed by atoms with Crippen LogP contribution in [-0.4, -0.2) is 11.5 Å². The molecule has 4 aromatic rings. The minimum Gasteiger partial charge on any atom is -0.354 e. The molecule has 0 aliphatic carbocycles. The lowest BCUT2D eigenvalue weighted by molar-refractivity contribution is -0.693. The lowest BCUT2D eigenvalue weighted by Crippen LogP contribution is -2.36. The fraction of sp³-hybridized carbons (Fsp3) is 0.167. The SMILES string of the molecule is Cc1c2c[n+](CCN)ccc2cc2[nH]c3ccccc3c12. The quantitative estimate of drug-likeness (QED) is 0.543. The maximum atomic E-state index is 5.67. The molecule has 2 aromatic heterocycles. The Kier molecular flexibility index (Phi) is 2.69. The predicted octanol–water partition coefficient (Wildman–Crippen LogP) is 3.03. The van der Waals surface area contributed by atoms with Crippen LogP contribution in [0.4, 0.5) is 0 Å². The van der Waals surface area contributed by atoms with Gasteiger partial charge in [0.05, 0.1) is 6.54 Å². The fourth-order valence-corrected chi connectivity index (χ4v) is 3.24. The molecule has 0 aliphatic heterocycles. The van der Waals surface area contributed by atoms with E-state index in [1.54, 1.807) is 0 Å². The van der Waals surface area contributed by atoms with Crippen LogP contribution in [0.3, 0.4) is 0 Å². The molecule has 2 heterocycles. The van der Waals surface area contributed by atoms with Gasteiger partial charge >= 0.3 is 0 Å². The van der Waals surface area contributed by atoms with E-state index in [-0.39, 0.29) is 0 Å². The minimum absolute atomic E-state index is 0.657. The van der Waals surface area contributed by atoms with Crippen molar-refractivity contribution in [3.05, 3.63) is 54.4 Å². The van der Waals surface area contributed by atoms with Crippen LogP contribution in [0.15, 0.2) is 48.8 Å². The number of aryl methyl sites for hydroxylation is 1. The lowest BCUT2D eigenvalue weighted by atomic mass is 10.0. The fourth-order valence-electron chi connectivity index (χ4n) is 3.24. The highest BCUT2D eigenvalue weighted by Gasteiger charge is 2.12. The van der Waals surface area contributed by atoms with Gasteiger partial charge in [0.25, 0.3) is 0 Å². The number of pyridine rings is 1. The second kappa shape index (κ2) is 4.57. The van der Waals surface area contributed by atoms with E-state index < -0.39 is 0 Å². The Morgan fingerprint density at radius 1 is 1.10 bits per heavy atom. The maximum absolute atomic E-state index is 5.67. The first-order chi connectivity index (χ1) is 10.3. The molecule has 3 N–H and O–H groups in total. The van der Waals surface area contributed by atoms with Crippen molar-refractivity contribution in [3.63, 3.8) is 0 Å². The molecular formula is C18H18N3+. The highest BCUT2D eigenvalue weighted by Crippen LogP contribution is 2.32. The summed E-state index contributed by atoms with van der Waals surface area (Å²) in [6, 6.07) is 12.9. The van der Waals surface area contributed by atoms with Crippen LogP contribution < -0.4 is 10.3 Å². The molecule has 0 unspecified atom stereocenters. The van der Waals surface area contributed by atoms with Gasteiger partial charge in [-0.2, -0.15) is 0 Å². The van der Waals surface area contributed by atoms with Gasteiger partial charge in [0, 0.05) is 33.3 Å². The van der Waals surface area contributed by atoms with Crippen LogP contribution in [0.1, 0.15) is 5.56 Å². The summed E-state index contributed by atoms with van der Waals surface area (Å²) in [6.45, 7) is 3.71. The number of nitrogens with two attached hydrogens (primary N) is 1.